The average Bonchev–Trinajstić information content (AvgIpc) is 2.79. The number of ether oxygens (including phenoxy) is 1. The third-order valence-corrected chi connectivity index (χ3v) is 4.22. The number of hydrogen-bond acceptors (Lipinski definition) is 4. The van der Waals surface area contributed by atoms with Crippen LogP contribution >= 0.6 is 0 Å². The molecule has 0 heterocycles. The van der Waals surface area contributed by atoms with Crippen LogP contribution in [0.5, 0.6) is 0 Å². The summed E-state index contributed by atoms with van der Waals surface area (Å²) in [5.74, 6) is 0.638. The first-order valence-electron chi connectivity index (χ1n) is 9.39. The van der Waals surface area contributed by atoms with Crippen LogP contribution in [0, 0.1) is 0 Å². The third-order valence-electron chi connectivity index (χ3n) is 4.22. The van der Waals surface area contributed by atoms with Crippen LogP contribution < -0.4 is 5.32 Å². The highest BCUT2D eigenvalue weighted by molar-refractivity contribution is 5.93. The fraction of sp³-hybridized carbons (Fsp3) is 0.208. The van der Waals surface area contributed by atoms with Gasteiger partial charge in [0, 0.05) is 24.9 Å². The normalized spacial score (nSPS) is 11.0. The predicted molar refractivity (Wildman–Crippen MR) is 117 cm³/mol. The topological polar surface area (TPSA) is 75.7 Å². The summed E-state index contributed by atoms with van der Waals surface area (Å²) in [6.45, 7) is 6.52. The highest BCUT2D eigenvalue weighted by atomic mass is 16.5. The Kier molecular flexibility index (Phi) is 11.0. The van der Waals surface area contributed by atoms with Gasteiger partial charge in [-0.15, -0.1) is 0 Å². The zero-order valence-electron chi connectivity index (χ0n) is 17.6. The standard InChI is InChI=1S/C23H26N2O3.CH2O/c1-4-22(14-18(2)24-17-26)28-16-21-13-9-8-12-20(21)15-25(3)23(27)19-10-6-5-7-11-19;1-2/h4-14,17H,15-16H2,1-3H3,(H,24,26);1H2/b18-14-,22-4+;. The van der Waals surface area contributed by atoms with Gasteiger partial charge in [-0.3, -0.25) is 9.59 Å². The lowest BCUT2D eigenvalue weighted by molar-refractivity contribution is -0.109. The zero-order chi connectivity index (χ0) is 22.4. The van der Waals surface area contributed by atoms with E-state index in [1.165, 1.54) is 0 Å². The maximum absolute atomic E-state index is 12.6. The Morgan fingerprint density at radius 2 is 1.67 bits per heavy atom. The molecule has 0 aromatic heterocycles. The molecule has 0 aliphatic carbocycles. The van der Waals surface area contributed by atoms with E-state index in [-0.39, 0.29) is 5.91 Å². The van der Waals surface area contributed by atoms with Gasteiger partial charge in [0.25, 0.3) is 5.91 Å². The Labute approximate surface area is 177 Å². The average molecular weight is 408 g/mol. The summed E-state index contributed by atoms with van der Waals surface area (Å²) in [6, 6.07) is 17.1. The van der Waals surface area contributed by atoms with Gasteiger partial charge >= 0.3 is 0 Å². The number of allylic oxidation sites excluding steroid dienone is 3. The molecule has 0 aliphatic heterocycles. The molecule has 0 saturated carbocycles. The van der Waals surface area contributed by atoms with Gasteiger partial charge in [-0.25, -0.2) is 0 Å². The molecule has 6 heteroatoms. The quantitative estimate of drug-likeness (QED) is 0.389. The molecule has 2 amide bonds. The number of nitrogens with one attached hydrogen (secondary N) is 1. The van der Waals surface area contributed by atoms with Crippen LogP contribution in [0.4, 0.5) is 0 Å². The van der Waals surface area contributed by atoms with Crippen LogP contribution in [-0.2, 0) is 27.5 Å². The number of benzene rings is 2. The minimum atomic E-state index is -0.0241. The molecule has 0 radical (unpaired) electrons. The van der Waals surface area contributed by atoms with Crippen molar-refractivity contribution in [2.24, 2.45) is 0 Å². The third kappa shape index (κ3) is 7.75. The Balaban J connectivity index is 0.00000218. The van der Waals surface area contributed by atoms with Crippen LogP contribution in [0.1, 0.15) is 35.3 Å². The van der Waals surface area contributed by atoms with Gasteiger partial charge < -0.3 is 19.7 Å². The van der Waals surface area contributed by atoms with Crippen LogP contribution in [0.25, 0.3) is 0 Å². The van der Waals surface area contributed by atoms with E-state index in [9.17, 15) is 9.59 Å². The van der Waals surface area contributed by atoms with E-state index in [4.69, 9.17) is 9.53 Å². The summed E-state index contributed by atoms with van der Waals surface area (Å²) in [7, 11) is 1.79. The van der Waals surface area contributed by atoms with Gasteiger partial charge in [0.15, 0.2) is 0 Å². The first-order valence-corrected chi connectivity index (χ1v) is 9.39. The molecule has 0 atom stereocenters. The minimum absolute atomic E-state index is 0.0241. The van der Waals surface area contributed by atoms with Gasteiger partial charge in [-0.1, -0.05) is 42.5 Å². The second kappa shape index (κ2) is 13.5. The molecule has 0 saturated heterocycles. The molecule has 0 bridgehead atoms. The molecular weight excluding hydrogens is 380 g/mol. The Hall–Kier alpha value is -3.67. The van der Waals surface area contributed by atoms with Crippen molar-refractivity contribution < 1.29 is 19.1 Å². The lowest BCUT2D eigenvalue weighted by atomic mass is 10.1. The maximum Gasteiger partial charge on any atom is 0.253 e. The second-order valence-electron chi connectivity index (χ2n) is 6.37. The molecule has 158 valence electrons. The predicted octanol–water partition coefficient (Wildman–Crippen LogP) is 3.84. The molecule has 0 aliphatic rings. The van der Waals surface area contributed by atoms with E-state index in [2.05, 4.69) is 5.32 Å². The van der Waals surface area contributed by atoms with Crippen molar-refractivity contribution in [3.8, 4) is 0 Å². The summed E-state index contributed by atoms with van der Waals surface area (Å²) >= 11 is 0. The smallest absolute Gasteiger partial charge is 0.253 e. The van der Waals surface area contributed by atoms with Gasteiger partial charge in [0.1, 0.15) is 19.2 Å². The van der Waals surface area contributed by atoms with Crippen molar-refractivity contribution in [2.75, 3.05) is 7.05 Å². The highest BCUT2D eigenvalue weighted by Gasteiger charge is 2.13. The molecular formula is C24H28N2O4. The van der Waals surface area contributed by atoms with Gasteiger partial charge in [-0.2, -0.15) is 0 Å². The van der Waals surface area contributed by atoms with Crippen LogP contribution in [0.15, 0.2) is 78.2 Å². The molecule has 6 nitrogen and oxygen atoms in total. The maximum atomic E-state index is 12.6. The molecule has 0 unspecified atom stereocenters. The molecule has 2 aromatic rings. The molecule has 0 fully saturated rings. The van der Waals surface area contributed by atoms with Crippen LogP contribution in [-0.4, -0.2) is 31.1 Å². The van der Waals surface area contributed by atoms with Gasteiger partial charge in [0.05, 0.1) is 0 Å². The molecule has 2 rings (SSSR count). The van der Waals surface area contributed by atoms with Crippen molar-refractivity contribution in [2.45, 2.75) is 27.0 Å². The molecule has 1 N–H and O–H groups in total. The largest absolute Gasteiger partial charge is 0.489 e. The number of rotatable bonds is 9. The van der Waals surface area contributed by atoms with E-state index >= 15 is 0 Å². The summed E-state index contributed by atoms with van der Waals surface area (Å²) in [5, 5.41) is 2.59. The van der Waals surface area contributed by atoms with Crippen molar-refractivity contribution in [3.05, 3.63) is 94.9 Å². The van der Waals surface area contributed by atoms with E-state index < -0.39 is 0 Å². The summed E-state index contributed by atoms with van der Waals surface area (Å²) < 4.78 is 5.89. The minimum Gasteiger partial charge on any atom is -0.489 e. The van der Waals surface area contributed by atoms with Crippen molar-refractivity contribution in [1.82, 2.24) is 10.2 Å². The van der Waals surface area contributed by atoms with Crippen molar-refractivity contribution >= 4 is 19.1 Å². The Morgan fingerprint density at radius 1 is 1.07 bits per heavy atom. The Bertz CT molecular complexity index is 876. The van der Waals surface area contributed by atoms with Crippen LogP contribution in [0.3, 0.4) is 0 Å². The van der Waals surface area contributed by atoms with Crippen molar-refractivity contribution in [3.63, 3.8) is 0 Å². The SMILES string of the molecule is C/C=C(\C=C(\C)NC=O)OCc1ccccc1CN(C)C(=O)c1ccccc1.C=O. The fourth-order valence-electron chi connectivity index (χ4n) is 2.70. The molecule has 0 spiro atoms. The highest BCUT2D eigenvalue weighted by Crippen LogP contribution is 2.16. The summed E-state index contributed by atoms with van der Waals surface area (Å²) in [6.07, 6.45) is 4.24. The number of nitrogens with zero attached hydrogens (tertiary/aromatic N) is 1. The lowest BCUT2D eigenvalue weighted by Crippen LogP contribution is -2.26. The number of hydrogen-bond donors (Lipinski definition) is 1. The Morgan fingerprint density at radius 3 is 2.27 bits per heavy atom. The summed E-state index contributed by atoms with van der Waals surface area (Å²) in [5.41, 5.74) is 3.39. The monoisotopic (exact) mass is 408 g/mol. The molecule has 2 aromatic carbocycles. The lowest BCUT2D eigenvalue weighted by Gasteiger charge is -2.20. The van der Waals surface area contributed by atoms with Crippen molar-refractivity contribution in [1.29, 1.82) is 0 Å². The van der Waals surface area contributed by atoms with Crippen LogP contribution in [0.2, 0.25) is 0 Å². The zero-order valence-corrected chi connectivity index (χ0v) is 17.6. The molecule has 30 heavy (non-hydrogen) atoms. The van der Waals surface area contributed by atoms with Gasteiger partial charge in [-0.05, 0) is 49.3 Å². The number of amides is 2. The second-order valence-corrected chi connectivity index (χ2v) is 6.37. The first-order chi connectivity index (χ1) is 14.5. The fourth-order valence-corrected chi connectivity index (χ4v) is 2.70. The van der Waals surface area contributed by atoms with E-state index in [0.29, 0.717) is 36.6 Å². The number of carbonyl (C=O) groups is 3. The van der Waals surface area contributed by atoms with E-state index in [1.807, 2.05) is 74.4 Å². The van der Waals surface area contributed by atoms with E-state index in [1.54, 1.807) is 24.9 Å². The summed E-state index contributed by atoms with van der Waals surface area (Å²) in [4.78, 5) is 32.8. The number of carbonyl (C=O) groups excluding carboxylic acids is 3. The van der Waals surface area contributed by atoms with E-state index in [0.717, 1.165) is 11.1 Å². The van der Waals surface area contributed by atoms with Gasteiger partial charge in [0.2, 0.25) is 6.41 Å². The first kappa shape index (κ1) is 24.4.